The lowest BCUT2D eigenvalue weighted by Crippen LogP contribution is -2.37. The zero-order valence-corrected chi connectivity index (χ0v) is 10.4. The van der Waals surface area contributed by atoms with Gasteiger partial charge in [-0.15, -0.1) is 10.2 Å². The van der Waals surface area contributed by atoms with Crippen molar-refractivity contribution in [1.82, 2.24) is 15.1 Å². The zero-order chi connectivity index (χ0) is 14.0. The summed E-state index contributed by atoms with van der Waals surface area (Å²) in [6, 6.07) is 0. The molecule has 1 fully saturated rings. The van der Waals surface area contributed by atoms with Crippen LogP contribution in [0.25, 0.3) is 0 Å². The van der Waals surface area contributed by atoms with Gasteiger partial charge >= 0.3 is 12.1 Å². The van der Waals surface area contributed by atoms with Gasteiger partial charge in [-0.2, -0.15) is 13.2 Å². The van der Waals surface area contributed by atoms with Gasteiger partial charge in [0, 0.05) is 25.4 Å². The molecule has 1 aromatic rings. The maximum absolute atomic E-state index is 12.3. The molecule has 1 saturated heterocycles. The summed E-state index contributed by atoms with van der Waals surface area (Å²) in [6.45, 7) is 2.81. The predicted molar refractivity (Wildman–Crippen MR) is 58.1 cm³/mol. The predicted octanol–water partition coefficient (Wildman–Crippen LogP) is 2.20. The molecule has 0 aromatic carbocycles. The van der Waals surface area contributed by atoms with Gasteiger partial charge in [0.1, 0.15) is 0 Å². The Balaban J connectivity index is 1.98. The molecular formula is C11H14F3N3O2. The highest BCUT2D eigenvalue weighted by atomic mass is 19.4. The molecule has 19 heavy (non-hydrogen) atoms. The van der Waals surface area contributed by atoms with Crippen molar-refractivity contribution in [2.45, 2.75) is 38.3 Å². The van der Waals surface area contributed by atoms with E-state index in [0.29, 0.717) is 32.4 Å². The van der Waals surface area contributed by atoms with Crippen LogP contribution in [-0.2, 0) is 11.0 Å². The summed E-state index contributed by atoms with van der Waals surface area (Å²) in [6.07, 6.45) is -3.08. The molecule has 2 rings (SSSR count). The van der Waals surface area contributed by atoms with Gasteiger partial charge in [-0.3, -0.25) is 4.79 Å². The van der Waals surface area contributed by atoms with E-state index in [0.717, 1.165) is 0 Å². The van der Waals surface area contributed by atoms with Gasteiger partial charge in [-0.05, 0) is 12.8 Å². The number of piperidine rings is 1. The van der Waals surface area contributed by atoms with Gasteiger partial charge in [-0.1, -0.05) is 6.92 Å². The maximum atomic E-state index is 12.3. The summed E-state index contributed by atoms with van der Waals surface area (Å²) < 4.78 is 41.7. The molecule has 0 N–H and O–H groups in total. The summed E-state index contributed by atoms with van der Waals surface area (Å²) in [4.78, 5) is 13.2. The minimum Gasteiger partial charge on any atom is -0.417 e. The Morgan fingerprint density at radius 2 is 2.00 bits per heavy atom. The molecule has 1 aromatic heterocycles. The molecule has 1 aliphatic heterocycles. The fraction of sp³-hybridized carbons (Fsp3) is 0.727. The largest absolute Gasteiger partial charge is 0.470 e. The van der Waals surface area contributed by atoms with Crippen molar-refractivity contribution in [1.29, 1.82) is 0 Å². The first kappa shape index (κ1) is 13.8. The molecule has 106 valence electrons. The van der Waals surface area contributed by atoms with E-state index in [1.54, 1.807) is 11.8 Å². The third kappa shape index (κ3) is 3.05. The van der Waals surface area contributed by atoms with E-state index in [-0.39, 0.29) is 17.7 Å². The van der Waals surface area contributed by atoms with Gasteiger partial charge in [-0.25, -0.2) is 0 Å². The van der Waals surface area contributed by atoms with Crippen molar-refractivity contribution in [3.05, 3.63) is 11.8 Å². The lowest BCUT2D eigenvalue weighted by molar-refractivity contribution is -0.157. The zero-order valence-electron chi connectivity index (χ0n) is 10.4. The van der Waals surface area contributed by atoms with Crippen molar-refractivity contribution >= 4 is 5.91 Å². The van der Waals surface area contributed by atoms with Crippen molar-refractivity contribution in [2.75, 3.05) is 13.1 Å². The number of halogens is 3. The van der Waals surface area contributed by atoms with Crippen LogP contribution in [0.2, 0.25) is 0 Å². The molecule has 1 amide bonds. The lowest BCUT2D eigenvalue weighted by Gasteiger charge is -2.30. The Morgan fingerprint density at radius 1 is 1.37 bits per heavy atom. The second-order valence-corrected chi connectivity index (χ2v) is 4.45. The van der Waals surface area contributed by atoms with E-state index in [1.807, 2.05) is 0 Å². The Labute approximate surface area is 107 Å². The van der Waals surface area contributed by atoms with Crippen molar-refractivity contribution < 1.29 is 22.4 Å². The highest BCUT2D eigenvalue weighted by molar-refractivity contribution is 5.75. The minimum absolute atomic E-state index is 0.0101. The van der Waals surface area contributed by atoms with Crippen molar-refractivity contribution in [3.63, 3.8) is 0 Å². The van der Waals surface area contributed by atoms with Gasteiger partial charge in [0.2, 0.25) is 11.8 Å². The van der Waals surface area contributed by atoms with E-state index in [1.165, 1.54) is 0 Å². The third-order valence-electron chi connectivity index (χ3n) is 3.18. The normalized spacial score (nSPS) is 17.8. The maximum Gasteiger partial charge on any atom is 0.470 e. The summed E-state index contributed by atoms with van der Waals surface area (Å²) in [5.41, 5.74) is 0. The number of likely N-dealkylation sites (tertiary alicyclic amines) is 1. The molecule has 0 atom stereocenters. The van der Waals surface area contributed by atoms with E-state index >= 15 is 0 Å². The first-order valence-corrected chi connectivity index (χ1v) is 6.10. The van der Waals surface area contributed by atoms with Gasteiger partial charge in [0.15, 0.2) is 0 Å². The number of carbonyl (C=O) groups excluding carboxylic acids is 1. The van der Waals surface area contributed by atoms with Crippen LogP contribution in [0.15, 0.2) is 4.42 Å². The van der Waals surface area contributed by atoms with Crippen molar-refractivity contribution in [2.24, 2.45) is 0 Å². The van der Waals surface area contributed by atoms with E-state index < -0.39 is 12.1 Å². The summed E-state index contributed by atoms with van der Waals surface area (Å²) in [5, 5.41) is 6.47. The van der Waals surface area contributed by atoms with Crippen LogP contribution in [0, 0.1) is 0 Å². The standard InChI is InChI=1S/C11H14F3N3O2/c1-2-8(18)17-5-3-7(4-6-17)9-15-16-10(19-9)11(12,13)14/h7H,2-6H2,1H3. The van der Waals surface area contributed by atoms with Crippen LogP contribution < -0.4 is 0 Å². The quantitative estimate of drug-likeness (QED) is 0.831. The Morgan fingerprint density at radius 3 is 2.47 bits per heavy atom. The number of carbonyl (C=O) groups is 1. The Bertz CT molecular complexity index is 450. The molecule has 0 saturated carbocycles. The molecule has 5 nitrogen and oxygen atoms in total. The van der Waals surface area contributed by atoms with Crippen LogP contribution in [0.4, 0.5) is 13.2 Å². The molecule has 0 spiro atoms. The molecule has 0 bridgehead atoms. The third-order valence-corrected chi connectivity index (χ3v) is 3.18. The summed E-state index contributed by atoms with van der Waals surface area (Å²) in [7, 11) is 0. The molecule has 0 radical (unpaired) electrons. The topological polar surface area (TPSA) is 59.2 Å². The Hall–Kier alpha value is -1.60. The first-order chi connectivity index (χ1) is 8.91. The monoisotopic (exact) mass is 277 g/mol. The number of amides is 1. The van der Waals surface area contributed by atoms with Crippen LogP contribution >= 0.6 is 0 Å². The molecule has 8 heteroatoms. The van der Waals surface area contributed by atoms with Gasteiger partial charge in [0.05, 0.1) is 0 Å². The second-order valence-electron chi connectivity index (χ2n) is 4.45. The molecule has 2 heterocycles. The highest BCUT2D eigenvalue weighted by Gasteiger charge is 2.39. The molecule has 0 aliphatic carbocycles. The highest BCUT2D eigenvalue weighted by Crippen LogP contribution is 2.32. The average molecular weight is 277 g/mol. The van der Waals surface area contributed by atoms with Crippen molar-refractivity contribution in [3.8, 4) is 0 Å². The number of hydrogen-bond donors (Lipinski definition) is 0. The van der Waals surface area contributed by atoms with Crippen LogP contribution in [-0.4, -0.2) is 34.1 Å². The van der Waals surface area contributed by atoms with E-state index in [9.17, 15) is 18.0 Å². The lowest BCUT2D eigenvalue weighted by atomic mass is 9.96. The summed E-state index contributed by atoms with van der Waals surface area (Å²) in [5.74, 6) is -1.45. The van der Waals surface area contributed by atoms with Gasteiger partial charge in [0.25, 0.3) is 0 Å². The number of nitrogens with zero attached hydrogens (tertiary/aromatic N) is 3. The fourth-order valence-electron chi connectivity index (χ4n) is 2.11. The summed E-state index contributed by atoms with van der Waals surface area (Å²) >= 11 is 0. The minimum atomic E-state index is -4.61. The van der Waals surface area contributed by atoms with Crippen LogP contribution in [0.3, 0.4) is 0 Å². The van der Waals surface area contributed by atoms with Crippen LogP contribution in [0.1, 0.15) is 43.9 Å². The number of aromatic nitrogens is 2. The number of alkyl halides is 3. The van der Waals surface area contributed by atoms with Gasteiger partial charge < -0.3 is 9.32 Å². The molecule has 1 aliphatic rings. The number of rotatable bonds is 2. The van der Waals surface area contributed by atoms with E-state index in [4.69, 9.17) is 0 Å². The Kier molecular flexibility index (Phi) is 3.77. The first-order valence-electron chi connectivity index (χ1n) is 6.10. The number of hydrogen-bond acceptors (Lipinski definition) is 4. The molecule has 0 unspecified atom stereocenters. The smallest absolute Gasteiger partial charge is 0.417 e. The molecular weight excluding hydrogens is 263 g/mol. The van der Waals surface area contributed by atoms with E-state index in [2.05, 4.69) is 14.6 Å². The SMILES string of the molecule is CCC(=O)N1CCC(c2nnc(C(F)(F)F)o2)CC1. The fourth-order valence-corrected chi connectivity index (χ4v) is 2.11. The average Bonchev–Trinajstić information content (AvgIpc) is 2.87. The second kappa shape index (κ2) is 5.18. The van der Waals surface area contributed by atoms with Crippen LogP contribution in [0.5, 0.6) is 0 Å².